The van der Waals surface area contributed by atoms with E-state index >= 15 is 0 Å². The Balaban J connectivity index is 0.863. The molecule has 2 aliphatic carbocycles. The molecule has 4 N–H and O–H groups in total. The molecule has 4 aliphatic rings. The lowest BCUT2D eigenvalue weighted by atomic mass is 9.98. The van der Waals surface area contributed by atoms with Crippen molar-refractivity contribution in [2.45, 2.75) is 62.7 Å². The molecule has 10 rings (SSSR count). The van der Waals surface area contributed by atoms with Crippen LogP contribution in [0.1, 0.15) is 73.9 Å². The van der Waals surface area contributed by atoms with Gasteiger partial charge in [0, 0.05) is 18.2 Å². The highest BCUT2D eigenvalue weighted by molar-refractivity contribution is 5.91. The lowest BCUT2D eigenvalue weighted by molar-refractivity contribution is -0.134. The smallest absolute Gasteiger partial charge is 0.407 e. The molecule has 5 unspecified atom stereocenters. The maximum atomic E-state index is 14.2. The number of likely N-dealkylation sites (tertiary alicyclic amines) is 1. The van der Waals surface area contributed by atoms with E-state index in [-0.39, 0.29) is 17.4 Å². The number of alkyl carbamates (subject to hydrolysis) is 1. The Labute approximate surface area is 313 Å². The van der Waals surface area contributed by atoms with E-state index in [0.29, 0.717) is 30.1 Å². The predicted octanol–water partition coefficient (Wildman–Crippen LogP) is 8.25. The Morgan fingerprint density at radius 3 is 2.19 bits per heavy atom. The van der Waals surface area contributed by atoms with Gasteiger partial charge in [-0.1, -0.05) is 78.9 Å². The Morgan fingerprint density at radius 1 is 0.815 bits per heavy atom. The van der Waals surface area contributed by atoms with Gasteiger partial charge in [0.2, 0.25) is 0 Å². The number of rotatable bonds is 8. The normalized spacial score (nSPS) is 22.9. The predicted molar refractivity (Wildman–Crippen MR) is 207 cm³/mol. The van der Waals surface area contributed by atoms with Crippen LogP contribution in [0.2, 0.25) is 0 Å². The number of carbonyl (C=O) groups is 2. The summed E-state index contributed by atoms with van der Waals surface area (Å²) in [4.78, 5) is 45.2. The Hall–Kier alpha value is -5.74. The first kappa shape index (κ1) is 32.9. The van der Waals surface area contributed by atoms with Crippen LogP contribution in [-0.4, -0.2) is 56.5 Å². The third-order valence-electron chi connectivity index (χ3n) is 12.4. The standard InChI is InChI=1S/C44H43N7O3/c1-54-43(53)50-39(28-5-3-2-4-6-28)42(52)51-25-44(17-18-44)22-37(51)40-45-24-36(48-40)32-14-13-30-19-29(11-12-31(30)20-32)26-7-9-27(10-8-26)35-23-46-41(49-35)38-33-15-16-34(21-33)47-38/h2-14,19-20,23-24,33-34,37-39,47H,15-18,21-22,25H2,1H3,(H,45,48)(H,46,49)(H,50,53). The van der Waals surface area contributed by atoms with Gasteiger partial charge in [-0.3, -0.25) is 4.79 Å². The SMILES string of the molecule is COC(=O)NC(C(=O)N1CC2(CC2)CC1c1ncc(-c2ccc3cc(-c4ccc(-c5cnc(C6NC7CCC6C7)[nH]5)cc4)ccc3c2)[nH]1)c1ccccc1. The molecule has 0 radical (unpaired) electrons. The number of aromatic nitrogens is 4. The van der Waals surface area contributed by atoms with E-state index in [2.05, 4.69) is 81.3 Å². The maximum Gasteiger partial charge on any atom is 0.407 e. The lowest BCUT2D eigenvalue weighted by Crippen LogP contribution is -2.43. The van der Waals surface area contributed by atoms with Gasteiger partial charge in [-0.25, -0.2) is 14.8 Å². The number of aromatic amines is 2. The summed E-state index contributed by atoms with van der Waals surface area (Å²) in [5.41, 5.74) is 7.28. The lowest BCUT2D eigenvalue weighted by Gasteiger charge is -2.28. The molecule has 5 atom stereocenters. The second-order valence-electron chi connectivity index (χ2n) is 15.8. The summed E-state index contributed by atoms with van der Waals surface area (Å²) in [7, 11) is 1.31. The van der Waals surface area contributed by atoms with Crippen LogP contribution in [0, 0.1) is 11.3 Å². The average Bonchev–Trinajstić information content (AvgIpc) is 3.86. The van der Waals surface area contributed by atoms with Crippen LogP contribution >= 0.6 is 0 Å². The molecule has 10 heteroatoms. The summed E-state index contributed by atoms with van der Waals surface area (Å²) >= 11 is 0. The molecule has 2 saturated heterocycles. The van der Waals surface area contributed by atoms with Crippen LogP contribution < -0.4 is 10.6 Å². The number of amides is 2. The molecule has 6 aromatic rings. The van der Waals surface area contributed by atoms with Crippen molar-refractivity contribution in [2.75, 3.05) is 13.7 Å². The van der Waals surface area contributed by atoms with Gasteiger partial charge in [-0.2, -0.15) is 0 Å². The van der Waals surface area contributed by atoms with Gasteiger partial charge in [0.15, 0.2) is 0 Å². The third kappa shape index (κ3) is 5.94. The number of nitrogens with one attached hydrogen (secondary N) is 4. The number of ether oxygens (including phenoxy) is 1. The van der Waals surface area contributed by atoms with Crippen LogP contribution in [0.5, 0.6) is 0 Å². The summed E-state index contributed by atoms with van der Waals surface area (Å²) in [5, 5.41) is 8.81. The van der Waals surface area contributed by atoms with Gasteiger partial charge in [0.25, 0.3) is 5.91 Å². The van der Waals surface area contributed by atoms with Gasteiger partial charge in [0.1, 0.15) is 17.7 Å². The van der Waals surface area contributed by atoms with Crippen LogP contribution in [0.25, 0.3) is 44.4 Å². The zero-order chi connectivity index (χ0) is 36.4. The number of methoxy groups -OCH3 is 1. The molecule has 2 aliphatic heterocycles. The second-order valence-corrected chi connectivity index (χ2v) is 15.8. The minimum atomic E-state index is -0.855. The van der Waals surface area contributed by atoms with Crippen LogP contribution in [-0.2, 0) is 9.53 Å². The number of piperidine rings is 1. The summed E-state index contributed by atoms with van der Waals surface area (Å²) in [6.45, 7) is 0.642. The van der Waals surface area contributed by atoms with Gasteiger partial charge < -0.3 is 30.2 Å². The van der Waals surface area contributed by atoms with Gasteiger partial charge in [0.05, 0.1) is 43.0 Å². The Morgan fingerprint density at radius 2 is 1.48 bits per heavy atom. The first-order valence-electron chi connectivity index (χ1n) is 19.1. The quantitative estimate of drug-likeness (QED) is 0.126. The zero-order valence-corrected chi connectivity index (χ0v) is 30.2. The van der Waals surface area contributed by atoms with Crippen molar-refractivity contribution in [3.8, 4) is 33.6 Å². The number of hydrogen-bond acceptors (Lipinski definition) is 6. The highest BCUT2D eigenvalue weighted by Gasteiger charge is 2.55. The summed E-state index contributed by atoms with van der Waals surface area (Å²) in [6.07, 6.45) is 10.1. The van der Waals surface area contributed by atoms with Gasteiger partial charge in [-0.05, 0) is 95.0 Å². The fourth-order valence-electron chi connectivity index (χ4n) is 9.24. The van der Waals surface area contributed by atoms with Crippen molar-refractivity contribution in [1.29, 1.82) is 0 Å². The maximum absolute atomic E-state index is 14.2. The van der Waals surface area contributed by atoms with E-state index in [0.717, 1.165) is 75.3 Å². The topological polar surface area (TPSA) is 128 Å². The number of imidazole rings is 2. The first-order chi connectivity index (χ1) is 26.4. The molecular formula is C44H43N7O3. The van der Waals surface area contributed by atoms with E-state index in [4.69, 9.17) is 14.7 Å². The van der Waals surface area contributed by atoms with Crippen molar-refractivity contribution >= 4 is 22.8 Å². The van der Waals surface area contributed by atoms with Crippen LogP contribution in [0.15, 0.2) is 103 Å². The second kappa shape index (κ2) is 13.0. The van der Waals surface area contributed by atoms with Crippen LogP contribution in [0.4, 0.5) is 4.79 Å². The average molecular weight is 718 g/mol. The Kier molecular flexibility index (Phi) is 7.90. The number of fused-ring (bicyclic) bond motifs is 3. The molecule has 54 heavy (non-hydrogen) atoms. The van der Waals surface area contributed by atoms with E-state index in [1.165, 1.54) is 26.4 Å². The highest BCUT2D eigenvalue weighted by Crippen LogP contribution is 2.58. The van der Waals surface area contributed by atoms with Crippen molar-refractivity contribution in [2.24, 2.45) is 11.3 Å². The molecule has 2 amide bonds. The fourth-order valence-corrected chi connectivity index (χ4v) is 9.24. The monoisotopic (exact) mass is 717 g/mol. The molecule has 4 fully saturated rings. The van der Waals surface area contributed by atoms with Crippen molar-refractivity contribution in [3.05, 3.63) is 121 Å². The highest BCUT2D eigenvalue weighted by atomic mass is 16.5. The van der Waals surface area contributed by atoms with Crippen LogP contribution in [0.3, 0.4) is 0 Å². The van der Waals surface area contributed by atoms with Gasteiger partial charge >= 0.3 is 6.09 Å². The molecule has 2 bridgehead atoms. The van der Waals surface area contributed by atoms with Gasteiger partial charge in [-0.15, -0.1) is 0 Å². The van der Waals surface area contributed by atoms with E-state index < -0.39 is 12.1 Å². The van der Waals surface area contributed by atoms with Crippen molar-refractivity contribution in [3.63, 3.8) is 0 Å². The van der Waals surface area contributed by atoms with E-state index in [9.17, 15) is 9.59 Å². The summed E-state index contributed by atoms with van der Waals surface area (Å²) in [5.74, 6) is 2.36. The Bertz CT molecular complexity index is 2360. The van der Waals surface area contributed by atoms with E-state index in [1.54, 1.807) is 0 Å². The number of benzene rings is 4. The first-order valence-corrected chi connectivity index (χ1v) is 19.1. The molecule has 10 nitrogen and oxygen atoms in total. The number of carbonyl (C=O) groups excluding carboxylic acids is 2. The summed E-state index contributed by atoms with van der Waals surface area (Å²) < 4.78 is 4.89. The number of hydrogen-bond donors (Lipinski definition) is 4. The molecule has 1 spiro atoms. The number of nitrogens with zero attached hydrogens (tertiary/aromatic N) is 3. The largest absolute Gasteiger partial charge is 0.453 e. The number of H-pyrrole nitrogens is 2. The molecule has 272 valence electrons. The van der Waals surface area contributed by atoms with E-state index in [1.807, 2.05) is 47.6 Å². The molecule has 4 aromatic carbocycles. The fraction of sp³-hybridized carbons (Fsp3) is 0.318. The minimum absolute atomic E-state index is 0.107. The molecule has 2 saturated carbocycles. The summed E-state index contributed by atoms with van der Waals surface area (Å²) in [6, 6.07) is 31.0. The molecule has 2 aromatic heterocycles. The molecule has 4 heterocycles. The zero-order valence-electron chi connectivity index (χ0n) is 30.2. The third-order valence-corrected chi connectivity index (χ3v) is 12.4. The van der Waals surface area contributed by atoms with Crippen molar-refractivity contribution in [1.82, 2.24) is 35.5 Å². The van der Waals surface area contributed by atoms with Crippen molar-refractivity contribution < 1.29 is 14.3 Å². The molecular weight excluding hydrogens is 675 g/mol. The minimum Gasteiger partial charge on any atom is -0.453 e.